The summed E-state index contributed by atoms with van der Waals surface area (Å²) < 4.78 is 0. The fraction of sp³-hybridized carbons (Fsp3) is 0.318. The van der Waals surface area contributed by atoms with Crippen molar-refractivity contribution in [1.82, 2.24) is 4.90 Å². The first-order chi connectivity index (χ1) is 14.5. The van der Waals surface area contributed by atoms with Crippen LogP contribution in [0, 0.1) is 11.8 Å². The van der Waals surface area contributed by atoms with E-state index in [-0.39, 0.29) is 33.6 Å². The van der Waals surface area contributed by atoms with Crippen molar-refractivity contribution in [3.63, 3.8) is 0 Å². The molecule has 2 aromatic rings. The Hall–Kier alpha value is -2.41. The topological polar surface area (TPSA) is 69.7 Å². The monoisotopic (exact) mass is 441 g/mol. The van der Waals surface area contributed by atoms with Gasteiger partial charge in [0, 0.05) is 17.3 Å². The molecule has 4 aliphatic heterocycles. The van der Waals surface area contributed by atoms with Gasteiger partial charge < -0.3 is 5.32 Å². The molecule has 3 saturated heterocycles. The number of hydrogen-bond donors (Lipinski definition) is 1. The number of benzene rings is 2. The van der Waals surface area contributed by atoms with Crippen LogP contribution in [0.2, 0.25) is 10.0 Å². The highest BCUT2D eigenvalue weighted by Gasteiger charge is 2.74. The van der Waals surface area contributed by atoms with Gasteiger partial charge in [-0.1, -0.05) is 47.5 Å². The van der Waals surface area contributed by atoms with Crippen LogP contribution in [0.25, 0.3) is 0 Å². The van der Waals surface area contributed by atoms with E-state index in [0.717, 1.165) is 23.3 Å². The van der Waals surface area contributed by atoms with E-state index in [0.29, 0.717) is 12.2 Å². The van der Waals surface area contributed by atoms with Crippen LogP contribution in [-0.2, 0) is 19.9 Å². The van der Waals surface area contributed by atoms with Crippen molar-refractivity contribution in [2.75, 3.05) is 16.8 Å². The van der Waals surface area contributed by atoms with E-state index >= 15 is 0 Å². The molecule has 0 aliphatic carbocycles. The van der Waals surface area contributed by atoms with Crippen LogP contribution in [0.4, 0.5) is 11.4 Å². The molecule has 2 aromatic carbocycles. The van der Waals surface area contributed by atoms with Gasteiger partial charge in [0.05, 0.1) is 27.6 Å². The van der Waals surface area contributed by atoms with Crippen molar-refractivity contribution in [2.24, 2.45) is 11.8 Å². The number of nitrogens with zero attached hydrogens (tertiary/aromatic N) is 2. The van der Waals surface area contributed by atoms with E-state index in [2.05, 4.69) is 10.2 Å². The first kappa shape index (κ1) is 18.4. The SMILES string of the molecule is O=C1[C@H]2[C@@H](C(=O)N1c1cccc(Cl)c1Cl)[C@@]1(C(=O)Nc3ccccc31)N1CCC[C@@H]21. The minimum Gasteiger partial charge on any atom is -0.324 e. The molecular weight excluding hydrogens is 425 g/mol. The maximum absolute atomic E-state index is 13.8. The van der Waals surface area contributed by atoms with Crippen molar-refractivity contribution in [2.45, 2.75) is 24.4 Å². The third kappa shape index (κ3) is 1.97. The minimum atomic E-state index is -1.17. The average molecular weight is 442 g/mol. The van der Waals surface area contributed by atoms with E-state index in [9.17, 15) is 14.4 Å². The van der Waals surface area contributed by atoms with Crippen LogP contribution in [-0.4, -0.2) is 35.2 Å². The van der Waals surface area contributed by atoms with E-state index < -0.39 is 23.3 Å². The molecule has 3 fully saturated rings. The van der Waals surface area contributed by atoms with E-state index in [1.807, 2.05) is 24.3 Å². The molecule has 3 amide bonds. The molecular formula is C22H17Cl2N3O3. The fourth-order valence-electron chi connectivity index (χ4n) is 6.06. The van der Waals surface area contributed by atoms with E-state index in [1.54, 1.807) is 18.2 Å². The van der Waals surface area contributed by atoms with Crippen molar-refractivity contribution in [1.29, 1.82) is 0 Å². The second-order valence-electron chi connectivity index (χ2n) is 8.26. The van der Waals surface area contributed by atoms with Crippen LogP contribution in [0.15, 0.2) is 42.5 Å². The molecule has 0 unspecified atom stereocenters. The van der Waals surface area contributed by atoms with Crippen molar-refractivity contribution in [3.8, 4) is 0 Å². The summed E-state index contributed by atoms with van der Waals surface area (Å²) in [5.41, 5.74) is 0.581. The molecule has 1 spiro atoms. The fourth-order valence-corrected chi connectivity index (χ4v) is 6.44. The summed E-state index contributed by atoms with van der Waals surface area (Å²) in [6.45, 7) is 0.678. The summed E-state index contributed by atoms with van der Waals surface area (Å²) in [5.74, 6) is -2.32. The zero-order valence-electron chi connectivity index (χ0n) is 15.8. The normalized spacial score (nSPS) is 32.0. The van der Waals surface area contributed by atoms with Crippen LogP contribution in [0.3, 0.4) is 0 Å². The quantitative estimate of drug-likeness (QED) is 0.688. The molecule has 6 rings (SSSR count). The average Bonchev–Trinajstić information content (AvgIpc) is 3.43. The Morgan fingerprint density at radius 3 is 2.63 bits per heavy atom. The summed E-state index contributed by atoms with van der Waals surface area (Å²) in [7, 11) is 0. The minimum absolute atomic E-state index is 0.161. The molecule has 1 N–H and O–H groups in total. The number of nitrogens with one attached hydrogen (secondary N) is 1. The first-order valence-corrected chi connectivity index (χ1v) is 10.7. The van der Waals surface area contributed by atoms with Crippen LogP contribution in [0.1, 0.15) is 18.4 Å². The number of hydrogen-bond acceptors (Lipinski definition) is 4. The van der Waals surface area contributed by atoms with Crippen molar-refractivity contribution >= 4 is 52.3 Å². The van der Waals surface area contributed by atoms with Gasteiger partial charge in [-0.15, -0.1) is 0 Å². The molecule has 152 valence electrons. The number of carbonyl (C=O) groups is 3. The second kappa shape index (κ2) is 6.06. The van der Waals surface area contributed by atoms with Crippen molar-refractivity contribution < 1.29 is 14.4 Å². The van der Waals surface area contributed by atoms with Crippen LogP contribution in [0.5, 0.6) is 0 Å². The number of amides is 3. The molecule has 4 aliphatic rings. The van der Waals surface area contributed by atoms with Gasteiger partial charge in [0.25, 0.3) is 0 Å². The molecule has 0 bridgehead atoms. The highest BCUT2D eigenvalue weighted by molar-refractivity contribution is 6.45. The molecule has 4 heterocycles. The Bertz CT molecular complexity index is 1150. The Balaban J connectivity index is 1.57. The Labute approximate surface area is 182 Å². The summed E-state index contributed by atoms with van der Waals surface area (Å²) in [6, 6.07) is 12.2. The second-order valence-corrected chi connectivity index (χ2v) is 9.04. The zero-order valence-corrected chi connectivity index (χ0v) is 17.3. The summed E-state index contributed by atoms with van der Waals surface area (Å²) >= 11 is 12.5. The maximum atomic E-state index is 13.8. The lowest BCUT2D eigenvalue weighted by Crippen LogP contribution is -2.54. The van der Waals surface area contributed by atoms with Gasteiger partial charge in [0.1, 0.15) is 5.54 Å². The predicted molar refractivity (Wildman–Crippen MR) is 112 cm³/mol. The largest absolute Gasteiger partial charge is 0.324 e. The molecule has 0 aromatic heterocycles. The van der Waals surface area contributed by atoms with Crippen LogP contribution >= 0.6 is 23.2 Å². The lowest BCUT2D eigenvalue weighted by molar-refractivity contribution is -0.135. The third-order valence-electron chi connectivity index (χ3n) is 7.07. The number of fused-ring (bicyclic) bond motifs is 7. The lowest BCUT2D eigenvalue weighted by Gasteiger charge is -2.36. The third-order valence-corrected chi connectivity index (χ3v) is 7.88. The zero-order chi connectivity index (χ0) is 20.8. The van der Waals surface area contributed by atoms with Gasteiger partial charge in [-0.05, 0) is 37.6 Å². The highest BCUT2D eigenvalue weighted by atomic mass is 35.5. The smallest absolute Gasteiger partial charge is 0.250 e. The number of imide groups is 1. The van der Waals surface area contributed by atoms with Gasteiger partial charge in [-0.2, -0.15) is 0 Å². The number of para-hydroxylation sites is 1. The van der Waals surface area contributed by atoms with Gasteiger partial charge in [-0.25, -0.2) is 4.90 Å². The molecule has 8 heteroatoms. The number of halogens is 2. The molecule has 6 nitrogen and oxygen atoms in total. The lowest BCUT2D eigenvalue weighted by atomic mass is 9.75. The van der Waals surface area contributed by atoms with E-state index in [1.165, 1.54) is 0 Å². The molecule has 30 heavy (non-hydrogen) atoms. The van der Waals surface area contributed by atoms with E-state index in [4.69, 9.17) is 23.2 Å². The summed E-state index contributed by atoms with van der Waals surface area (Å²) in [6.07, 6.45) is 1.65. The van der Waals surface area contributed by atoms with Gasteiger partial charge in [-0.3, -0.25) is 19.3 Å². The van der Waals surface area contributed by atoms with Crippen LogP contribution < -0.4 is 10.2 Å². The summed E-state index contributed by atoms with van der Waals surface area (Å²) in [4.78, 5) is 44.1. The number of carbonyl (C=O) groups excluding carboxylic acids is 3. The Morgan fingerprint density at radius 1 is 1.00 bits per heavy atom. The van der Waals surface area contributed by atoms with Gasteiger partial charge in [0.2, 0.25) is 17.7 Å². The predicted octanol–water partition coefficient (Wildman–Crippen LogP) is 3.42. The molecule has 4 atom stereocenters. The Morgan fingerprint density at radius 2 is 1.80 bits per heavy atom. The Kier molecular flexibility index (Phi) is 3.71. The summed E-state index contributed by atoms with van der Waals surface area (Å²) in [5, 5.41) is 3.39. The number of rotatable bonds is 1. The number of anilines is 2. The first-order valence-electron chi connectivity index (χ1n) is 9.97. The van der Waals surface area contributed by atoms with Gasteiger partial charge >= 0.3 is 0 Å². The van der Waals surface area contributed by atoms with Crippen molar-refractivity contribution in [3.05, 3.63) is 58.1 Å². The maximum Gasteiger partial charge on any atom is 0.250 e. The molecule has 0 radical (unpaired) electrons. The molecule has 0 saturated carbocycles. The highest BCUT2D eigenvalue weighted by Crippen LogP contribution is 2.60. The van der Waals surface area contributed by atoms with Gasteiger partial charge in [0.15, 0.2) is 0 Å². The standard InChI is InChI=1S/C22H17Cl2N3O3/c23-12-6-3-8-15(18(12)24)27-19(28)16-14-9-4-10-26(14)22(17(16)20(27)29)11-5-1-2-7-13(11)25-21(22)30/h1-3,5-8,14,16-17H,4,9-10H2,(H,25,30)/t14-,16+,17-,22-/m0/s1.